The lowest BCUT2D eigenvalue weighted by atomic mass is 9.82. The van der Waals surface area contributed by atoms with E-state index in [1.807, 2.05) is 6.20 Å². The van der Waals surface area contributed by atoms with Crippen LogP contribution in [0.4, 0.5) is 5.82 Å². The fourth-order valence-corrected chi connectivity index (χ4v) is 5.31. The quantitative estimate of drug-likeness (QED) is 0.541. The summed E-state index contributed by atoms with van der Waals surface area (Å²) < 4.78 is 7.38. The smallest absolute Gasteiger partial charge is 0.128 e. The molecule has 0 amide bonds. The summed E-state index contributed by atoms with van der Waals surface area (Å²) in [6.45, 7) is 7.69. The highest BCUT2D eigenvalue weighted by Gasteiger charge is 2.42. The van der Waals surface area contributed by atoms with Gasteiger partial charge in [-0.2, -0.15) is 5.10 Å². The van der Waals surface area contributed by atoms with E-state index in [0.717, 1.165) is 70.4 Å². The third kappa shape index (κ3) is 3.96. The van der Waals surface area contributed by atoms with Crippen LogP contribution in [0.3, 0.4) is 0 Å². The van der Waals surface area contributed by atoms with E-state index >= 15 is 0 Å². The number of hydrogen-bond donors (Lipinski definition) is 4. The predicted molar refractivity (Wildman–Crippen MR) is 118 cm³/mol. The number of fused-ring (bicyclic) bond motifs is 1. The lowest BCUT2D eigenvalue weighted by Crippen LogP contribution is -2.46. The first-order chi connectivity index (χ1) is 15.3. The van der Waals surface area contributed by atoms with Crippen LogP contribution in [0.1, 0.15) is 29.8 Å². The van der Waals surface area contributed by atoms with E-state index in [9.17, 15) is 0 Å². The maximum Gasteiger partial charge on any atom is 0.128 e. The van der Waals surface area contributed by atoms with E-state index in [4.69, 9.17) is 9.72 Å². The third-order valence-electron chi connectivity index (χ3n) is 7.18. The highest BCUT2D eigenvalue weighted by molar-refractivity contribution is 5.40. The van der Waals surface area contributed by atoms with Gasteiger partial charge in [0.15, 0.2) is 0 Å². The van der Waals surface area contributed by atoms with Gasteiger partial charge in [0.1, 0.15) is 5.82 Å². The molecule has 4 atom stereocenters. The molecule has 9 nitrogen and oxygen atoms in total. The summed E-state index contributed by atoms with van der Waals surface area (Å²) >= 11 is 0. The number of pyridine rings is 1. The van der Waals surface area contributed by atoms with Crippen LogP contribution in [0.15, 0.2) is 30.6 Å². The van der Waals surface area contributed by atoms with Crippen LogP contribution in [0.2, 0.25) is 0 Å². The van der Waals surface area contributed by atoms with E-state index < -0.39 is 0 Å². The number of nitrogens with one attached hydrogen (secondary N) is 4. The molecule has 0 saturated carbocycles. The molecule has 6 heterocycles. The number of anilines is 1. The molecular weight excluding hydrogens is 392 g/mol. The van der Waals surface area contributed by atoms with E-state index in [1.165, 1.54) is 5.56 Å². The fourth-order valence-electron chi connectivity index (χ4n) is 5.31. The maximum absolute atomic E-state index is 5.30. The molecule has 0 aliphatic carbocycles. The summed E-state index contributed by atoms with van der Waals surface area (Å²) in [5, 5.41) is 11.7. The molecule has 31 heavy (non-hydrogen) atoms. The summed E-state index contributed by atoms with van der Waals surface area (Å²) in [6.07, 6.45) is 5.31. The number of nitrogens with zero attached hydrogens (tertiary/aromatic N) is 4. The fraction of sp³-hybridized carbons (Fsp3) is 0.636. The van der Waals surface area contributed by atoms with Crippen molar-refractivity contribution in [3.05, 3.63) is 41.9 Å². The number of piperazine rings is 1. The number of aromatic nitrogens is 3. The van der Waals surface area contributed by atoms with Gasteiger partial charge in [-0.15, -0.1) is 0 Å². The Hall–Kier alpha value is -2.04. The van der Waals surface area contributed by atoms with Gasteiger partial charge in [0.25, 0.3) is 0 Å². The van der Waals surface area contributed by atoms with Crippen molar-refractivity contribution in [2.75, 3.05) is 50.8 Å². The average molecular weight is 425 g/mol. The van der Waals surface area contributed by atoms with Crippen molar-refractivity contribution in [1.29, 1.82) is 0 Å². The standard InChI is InChI=1S/C22H32N8O/c1-2-18(26-21(3-1)29-6-4-23-5-7-29)22-17-8-19(24-10-20(17)27-28-22)16-9-25-30(12-16)11-15-13-31-14-15/h1-3,9,12,15,17,19-20,22-24,27-28H,4-8,10-11,13-14H2. The van der Waals surface area contributed by atoms with Crippen LogP contribution in [0, 0.1) is 11.8 Å². The molecule has 0 aromatic carbocycles. The molecule has 4 aliphatic rings. The molecule has 166 valence electrons. The number of piperidine rings is 1. The minimum absolute atomic E-state index is 0.222. The lowest BCUT2D eigenvalue weighted by Gasteiger charge is -2.34. The molecule has 4 aliphatic heterocycles. The first-order valence-electron chi connectivity index (χ1n) is 11.6. The number of hydrogen-bond acceptors (Lipinski definition) is 8. The van der Waals surface area contributed by atoms with Crippen LogP contribution >= 0.6 is 0 Å². The van der Waals surface area contributed by atoms with Gasteiger partial charge < -0.3 is 20.3 Å². The maximum atomic E-state index is 5.30. The Labute approximate surface area is 182 Å². The average Bonchev–Trinajstić information content (AvgIpc) is 3.44. The largest absolute Gasteiger partial charge is 0.381 e. The minimum atomic E-state index is 0.222. The summed E-state index contributed by atoms with van der Waals surface area (Å²) in [7, 11) is 0. The zero-order valence-electron chi connectivity index (χ0n) is 17.8. The van der Waals surface area contributed by atoms with E-state index in [0.29, 0.717) is 23.9 Å². The second kappa shape index (κ2) is 8.48. The summed E-state index contributed by atoms with van der Waals surface area (Å²) in [5.41, 5.74) is 9.48. The Balaban J connectivity index is 1.16. The van der Waals surface area contributed by atoms with Gasteiger partial charge in [-0.3, -0.25) is 10.1 Å². The van der Waals surface area contributed by atoms with Crippen molar-refractivity contribution >= 4 is 5.82 Å². The highest BCUT2D eigenvalue weighted by Crippen LogP contribution is 2.38. The highest BCUT2D eigenvalue weighted by atomic mass is 16.5. The SMILES string of the molecule is c1cc(C2NNC3CNC(c4cnn(CC5COC5)c4)CC32)nc(N2CCNCC2)c1. The van der Waals surface area contributed by atoms with Crippen molar-refractivity contribution in [3.8, 4) is 0 Å². The molecule has 0 radical (unpaired) electrons. The Morgan fingerprint density at radius 1 is 1.13 bits per heavy atom. The third-order valence-corrected chi connectivity index (χ3v) is 7.18. The zero-order chi connectivity index (χ0) is 20.6. The van der Waals surface area contributed by atoms with Crippen molar-refractivity contribution in [2.24, 2.45) is 11.8 Å². The van der Waals surface area contributed by atoms with Crippen LogP contribution in [0.5, 0.6) is 0 Å². The summed E-state index contributed by atoms with van der Waals surface area (Å²) in [6, 6.07) is 7.42. The monoisotopic (exact) mass is 424 g/mol. The topological polar surface area (TPSA) is 91.3 Å². The second-order valence-corrected chi connectivity index (χ2v) is 9.29. The number of ether oxygens (including phenoxy) is 1. The van der Waals surface area contributed by atoms with Crippen molar-refractivity contribution in [3.63, 3.8) is 0 Å². The molecule has 4 N–H and O–H groups in total. The minimum Gasteiger partial charge on any atom is -0.381 e. The molecule has 2 aromatic rings. The molecule has 0 bridgehead atoms. The normalized spacial score (nSPS) is 31.4. The Kier molecular flexibility index (Phi) is 5.37. The Morgan fingerprint density at radius 3 is 2.87 bits per heavy atom. The van der Waals surface area contributed by atoms with Gasteiger partial charge in [-0.25, -0.2) is 10.4 Å². The van der Waals surface area contributed by atoms with E-state index in [2.05, 4.69) is 60.6 Å². The first-order valence-corrected chi connectivity index (χ1v) is 11.6. The lowest BCUT2D eigenvalue weighted by molar-refractivity contribution is -0.0408. The van der Waals surface area contributed by atoms with Crippen molar-refractivity contribution in [2.45, 2.75) is 31.1 Å². The Bertz CT molecular complexity index is 893. The van der Waals surface area contributed by atoms with E-state index in [1.54, 1.807) is 0 Å². The molecule has 0 spiro atoms. The van der Waals surface area contributed by atoms with Gasteiger partial charge in [0.05, 0.1) is 31.1 Å². The molecule has 6 rings (SSSR count). The van der Waals surface area contributed by atoms with Crippen LogP contribution in [0.25, 0.3) is 0 Å². The molecule has 4 saturated heterocycles. The van der Waals surface area contributed by atoms with Gasteiger partial charge >= 0.3 is 0 Å². The number of rotatable bonds is 5. The predicted octanol–water partition coefficient (Wildman–Crippen LogP) is 0.202. The first kappa shape index (κ1) is 19.6. The molecule has 2 aromatic heterocycles. The van der Waals surface area contributed by atoms with Gasteiger partial charge in [0.2, 0.25) is 0 Å². The van der Waals surface area contributed by atoms with Crippen LogP contribution in [-0.2, 0) is 11.3 Å². The zero-order valence-corrected chi connectivity index (χ0v) is 17.8. The van der Waals surface area contributed by atoms with Crippen LogP contribution < -0.4 is 26.4 Å². The van der Waals surface area contributed by atoms with Crippen molar-refractivity contribution < 1.29 is 4.74 Å². The summed E-state index contributed by atoms with van der Waals surface area (Å²) in [4.78, 5) is 7.45. The molecule has 4 fully saturated rings. The van der Waals surface area contributed by atoms with Gasteiger partial charge in [-0.1, -0.05) is 6.07 Å². The van der Waals surface area contributed by atoms with Crippen LogP contribution in [-0.4, -0.2) is 66.7 Å². The summed E-state index contributed by atoms with van der Waals surface area (Å²) in [5.74, 6) is 2.19. The van der Waals surface area contributed by atoms with Crippen molar-refractivity contribution in [1.82, 2.24) is 36.2 Å². The van der Waals surface area contributed by atoms with Gasteiger partial charge in [-0.05, 0) is 18.6 Å². The second-order valence-electron chi connectivity index (χ2n) is 9.29. The number of hydrazine groups is 1. The Morgan fingerprint density at radius 2 is 2.03 bits per heavy atom. The molecular formula is C22H32N8O. The molecule has 9 heteroatoms. The molecule has 4 unspecified atom stereocenters. The van der Waals surface area contributed by atoms with E-state index in [-0.39, 0.29) is 6.04 Å². The van der Waals surface area contributed by atoms with Gasteiger partial charge in [0, 0.05) is 74.9 Å².